The number of carbonyl (C=O) groups is 1. The summed E-state index contributed by atoms with van der Waals surface area (Å²) in [6, 6.07) is 8.06. The van der Waals surface area contributed by atoms with E-state index in [-0.39, 0.29) is 5.75 Å². The maximum Gasteiger partial charge on any atom is 0.318 e. The van der Waals surface area contributed by atoms with Crippen molar-refractivity contribution in [2.45, 2.75) is 18.8 Å². The van der Waals surface area contributed by atoms with Gasteiger partial charge in [-0.2, -0.15) is 0 Å². The normalized spacial score (nSPS) is 19.6. The van der Waals surface area contributed by atoms with Gasteiger partial charge in [-0.05, 0) is 31.5 Å². The van der Waals surface area contributed by atoms with Gasteiger partial charge in [0.1, 0.15) is 5.75 Å². The molecule has 6 nitrogen and oxygen atoms in total. The fourth-order valence-corrected chi connectivity index (χ4v) is 5.20. The van der Waals surface area contributed by atoms with Gasteiger partial charge in [0, 0.05) is 19.0 Å². The van der Waals surface area contributed by atoms with Crippen LogP contribution in [0, 0.1) is 0 Å². The lowest BCUT2D eigenvalue weighted by atomic mass is 9.99. The maximum absolute atomic E-state index is 11.7. The molecule has 1 fully saturated rings. The first kappa shape index (κ1) is 17.3. The molecule has 24 heavy (non-hydrogen) atoms. The van der Waals surface area contributed by atoms with E-state index >= 15 is 0 Å². The quantitative estimate of drug-likeness (QED) is 0.839. The Labute approximate surface area is 145 Å². The number of benzene rings is 1. The molecule has 3 rings (SSSR count). The van der Waals surface area contributed by atoms with Crippen molar-refractivity contribution >= 4 is 37.4 Å². The van der Waals surface area contributed by atoms with Crippen molar-refractivity contribution in [2.24, 2.45) is 0 Å². The molecule has 1 atom stereocenters. The van der Waals surface area contributed by atoms with Gasteiger partial charge < -0.3 is 10.0 Å². The van der Waals surface area contributed by atoms with Crippen molar-refractivity contribution in [1.29, 1.82) is 0 Å². The molecule has 2 aromatic rings. The van der Waals surface area contributed by atoms with Gasteiger partial charge in [-0.15, -0.1) is 11.3 Å². The summed E-state index contributed by atoms with van der Waals surface area (Å²) in [7, 11) is -3.54. The number of hydrogen-bond acceptors (Lipinski definition) is 6. The number of aromatic nitrogens is 1. The molecule has 0 aliphatic carbocycles. The average molecular weight is 368 g/mol. The monoisotopic (exact) mass is 368 g/mol. The minimum Gasteiger partial charge on any atom is -0.480 e. The van der Waals surface area contributed by atoms with Crippen molar-refractivity contribution in [1.82, 2.24) is 9.88 Å². The molecule has 2 heterocycles. The summed E-state index contributed by atoms with van der Waals surface area (Å²) in [6.07, 6.45) is 2.05. The Bertz CT molecular complexity index is 798. The third kappa shape index (κ3) is 4.31. The molecule has 1 saturated heterocycles. The molecular formula is C16H20N2O4S2. The first-order valence-corrected chi connectivity index (χ1v) is 10.6. The molecule has 0 amide bonds. The molecule has 1 aromatic carbocycles. The van der Waals surface area contributed by atoms with Crippen LogP contribution in [0.2, 0.25) is 0 Å². The summed E-state index contributed by atoms with van der Waals surface area (Å²) in [5.41, 5.74) is 1.01. The Kier molecular flexibility index (Phi) is 5.17. The van der Waals surface area contributed by atoms with Crippen LogP contribution < -0.4 is 0 Å². The van der Waals surface area contributed by atoms with Crippen LogP contribution in [0.1, 0.15) is 23.8 Å². The third-order valence-corrected chi connectivity index (χ3v) is 6.92. The van der Waals surface area contributed by atoms with Crippen LogP contribution in [0.3, 0.4) is 0 Å². The van der Waals surface area contributed by atoms with Crippen LogP contribution in [0.15, 0.2) is 24.3 Å². The molecule has 8 heteroatoms. The summed E-state index contributed by atoms with van der Waals surface area (Å²) >= 11 is 1.70. The zero-order valence-electron chi connectivity index (χ0n) is 13.2. The molecule has 0 radical (unpaired) electrons. The SMILES string of the molecule is O=C(O)CS(=O)(=O)CCN1CCCC(c2nc3ccccc3s2)C1. The van der Waals surface area contributed by atoms with E-state index in [1.807, 2.05) is 18.2 Å². The van der Waals surface area contributed by atoms with Gasteiger partial charge in [0.25, 0.3) is 0 Å². The lowest BCUT2D eigenvalue weighted by molar-refractivity contribution is -0.134. The van der Waals surface area contributed by atoms with Crippen LogP contribution in [0.25, 0.3) is 10.2 Å². The Balaban J connectivity index is 1.63. The Morgan fingerprint density at radius 2 is 2.17 bits per heavy atom. The number of thiazole rings is 1. The Morgan fingerprint density at radius 3 is 2.92 bits per heavy atom. The van der Waals surface area contributed by atoms with Crippen LogP contribution >= 0.6 is 11.3 Å². The van der Waals surface area contributed by atoms with E-state index in [0.29, 0.717) is 12.5 Å². The zero-order chi connectivity index (χ0) is 17.2. The second-order valence-corrected chi connectivity index (χ2v) is 9.39. The van der Waals surface area contributed by atoms with Gasteiger partial charge in [0.15, 0.2) is 9.84 Å². The zero-order valence-corrected chi connectivity index (χ0v) is 14.9. The summed E-state index contributed by atoms with van der Waals surface area (Å²) in [5, 5.41) is 9.75. The predicted molar refractivity (Wildman–Crippen MR) is 94.3 cm³/mol. The Morgan fingerprint density at radius 1 is 1.38 bits per heavy atom. The second-order valence-electron chi connectivity index (χ2n) is 6.15. The highest BCUT2D eigenvalue weighted by Crippen LogP contribution is 2.32. The fraction of sp³-hybridized carbons (Fsp3) is 0.500. The van der Waals surface area contributed by atoms with Gasteiger partial charge in [-0.1, -0.05) is 12.1 Å². The van der Waals surface area contributed by atoms with Gasteiger partial charge in [-0.3, -0.25) is 4.79 Å². The number of para-hydroxylation sites is 1. The number of carboxylic acids is 1. The first-order valence-electron chi connectivity index (χ1n) is 7.93. The minimum absolute atomic E-state index is 0.105. The molecule has 1 aliphatic heterocycles. The molecule has 1 unspecified atom stereocenters. The smallest absolute Gasteiger partial charge is 0.318 e. The molecule has 0 bridgehead atoms. The molecule has 0 spiro atoms. The van der Waals surface area contributed by atoms with Crippen molar-refractivity contribution in [3.05, 3.63) is 29.3 Å². The lowest BCUT2D eigenvalue weighted by Crippen LogP contribution is -2.38. The maximum atomic E-state index is 11.7. The number of rotatable bonds is 6. The van der Waals surface area contributed by atoms with E-state index in [9.17, 15) is 13.2 Å². The molecule has 0 saturated carbocycles. The van der Waals surface area contributed by atoms with E-state index in [4.69, 9.17) is 10.1 Å². The van der Waals surface area contributed by atoms with E-state index in [0.717, 1.165) is 36.5 Å². The highest BCUT2D eigenvalue weighted by Gasteiger charge is 2.25. The third-order valence-electron chi connectivity index (χ3n) is 4.23. The number of likely N-dealkylation sites (tertiary alicyclic amines) is 1. The van der Waals surface area contributed by atoms with Crippen molar-refractivity contribution in [3.8, 4) is 0 Å². The largest absolute Gasteiger partial charge is 0.480 e. The fourth-order valence-electron chi connectivity index (χ4n) is 3.05. The van der Waals surface area contributed by atoms with Crippen molar-refractivity contribution in [3.63, 3.8) is 0 Å². The predicted octanol–water partition coefficient (Wildman–Crippen LogP) is 1.98. The summed E-state index contributed by atoms with van der Waals surface area (Å²) in [4.78, 5) is 17.4. The van der Waals surface area contributed by atoms with Gasteiger partial charge >= 0.3 is 5.97 Å². The van der Waals surface area contributed by atoms with Gasteiger partial charge in [0.05, 0.1) is 21.0 Å². The number of piperidine rings is 1. The average Bonchev–Trinajstić information content (AvgIpc) is 2.96. The van der Waals surface area contributed by atoms with E-state index < -0.39 is 21.6 Å². The molecule has 1 aromatic heterocycles. The van der Waals surface area contributed by atoms with E-state index in [2.05, 4.69) is 11.0 Å². The highest BCUT2D eigenvalue weighted by molar-refractivity contribution is 7.92. The topological polar surface area (TPSA) is 87.6 Å². The second kappa shape index (κ2) is 7.16. The molecule has 1 N–H and O–H groups in total. The van der Waals surface area contributed by atoms with Crippen LogP contribution in [-0.2, 0) is 14.6 Å². The van der Waals surface area contributed by atoms with Crippen LogP contribution in [-0.4, -0.2) is 60.5 Å². The van der Waals surface area contributed by atoms with E-state index in [1.165, 1.54) is 4.70 Å². The van der Waals surface area contributed by atoms with Crippen molar-refractivity contribution < 1.29 is 18.3 Å². The van der Waals surface area contributed by atoms with Crippen LogP contribution in [0.5, 0.6) is 0 Å². The van der Waals surface area contributed by atoms with Crippen LogP contribution in [0.4, 0.5) is 0 Å². The lowest BCUT2D eigenvalue weighted by Gasteiger charge is -2.31. The number of sulfone groups is 1. The molecular weight excluding hydrogens is 348 g/mol. The highest BCUT2D eigenvalue weighted by atomic mass is 32.2. The first-order chi connectivity index (χ1) is 11.4. The molecule has 130 valence electrons. The number of carboxylic acid groups (broad SMARTS) is 1. The standard InChI is InChI=1S/C16H20N2O4S2/c19-15(20)11-24(21,22)9-8-18-7-3-4-12(10-18)16-17-13-5-1-2-6-14(13)23-16/h1-2,5-6,12H,3-4,7-11H2,(H,19,20). The minimum atomic E-state index is -3.54. The Hall–Kier alpha value is -1.51. The molecule has 1 aliphatic rings. The number of hydrogen-bond donors (Lipinski definition) is 1. The van der Waals surface area contributed by atoms with E-state index in [1.54, 1.807) is 11.3 Å². The van der Waals surface area contributed by atoms with Gasteiger partial charge in [-0.25, -0.2) is 13.4 Å². The summed E-state index contributed by atoms with van der Waals surface area (Å²) in [5.74, 6) is -1.87. The number of fused-ring (bicyclic) bond motifs is 1. The van der Waals surface area contributed by atoms with Crippen molar-refractivity contribution in [2.75, 3.05) is 31.1 Å². The number of aliphatic carboxylic acids is 1. The van der Waals surface area contributed by atoms with Gasteiger partial charge in [0.2, 0.25) is 0 Å². The summed E-state index contributed by atoms with van der Waals surface area (Å²) < 4.78 is 24.6. The number of nitrogens with zero attached hydrogens (tertiary/aromatic N) is 2. The summed E-state index contributed by atoms with van der Waals surface area (Å²) in [6.45, 7) is 2.02.